The van der Waals surface area contributed by atoms with E-state index in [1.807, 2.05) is 35.2 Å². The molecule has 2 aromatic rings. The van der Waals surface area contributed by atoms with E-state index in [0.29, 0.717) is 24.0 Å². The summed E-state index contributed by atoms with van der Waals surface area (Å²) < 4.78 is 6.01. The molecule has 24 heavy (non-hydrogen) atoms. The van der Waals surface area contributed by atoms with E-state index in [9.17, 15) is 4.79 Å². The minimum absolute atomic E-state index is 0.0118. The van der Waals surface area contributed by atoms with E-state index in [4.69, 9.17) is 10.2 Å². The van der Waals surface area contributed by atoms with Crippen LogP contribution in [0.5, 0.6) is 0 Å². The zero-order chi connectivity index (χ0) is 16.7. The molecule has 1 aliphatic heterocycles. The lowest BCUT2D eigenvalue weighted by molar-refractivity contribution is 0.0611. The lowest BCUT2D eigenvalue weighted by atomic mass is 9.98. The number of hydrogen-bond acceptors (Lipinski definition) is 4. The Morgan fingerprint density at radius 1 is 1.25 bits per heavy atom. The van der Waals surface area contributed by atoms with Crippen molar-refractivity contribution in [3.05, 3.63) is 41.8 Å². The summed E-state index contributed by atoms with van der Waals surface area (Å²) in [6, 6.07) is 10.1. The number of nitrogens with two attached hydrogens (primary N) is 1. The Balaban J connectivity index is 1.67. The second-order valence-corrected chi connectivity index (χ2v) is 7.00. The van der Waals surface area contributed by atoms with Crippen molar-refractivity contribution in [3.8, 4) is 11.5 Å². The first-order chi connectivity index (χ1) is 11.6. The van der Waals surface area contributed by atoms with Crippen LogP contribution in [0.1, 0.15) is 54.8 Å². The standard InChI is InChI=1S/C19H23N3O2/c1-12-11-15(20)9-10-22(12)19(23)16-17(13-7-8-13)24-18(21-16)14-5-3-2-4-6-14/h2-6,12-13,15H,7-11,20H2,1H3/t12-,15+/m0/s1. The number of rotatable bonds is 3. The zero-order valence-corrected chi connectivity index (χ0v) is 13.9. The molecule has 2 N–H and O–H groups in total. The number of oxazole rings is 1. The SMILES string of the molecule is C[C@H]1C[C@H](N)CCN1C(=O)c1nc(-c2ccccc2)oc1C1CC1. The molecule has 2 aliphatic rings. The van der Waals surface area contributed by atoms with Crippen molar-refractivity contribution < 1.29 is 9.21 Å². The van der Waals surface area contributed by atoms with Crippen LogP contribution >= 0.6 is 0 Å². The highest BCUT2D eigenvalue weighted by molar-refractivity contribution is 5.94. The van der Waals surface area contributed by atoms with Crippen LogP contribution in [0, 0.1) is 0 Å². The number of amides is 1. The predicted octanol–water partition coefficient (Wildman–Crippen LogP) is 3.17. The fourth-order valence-electron chi connectivity index (χ4n) is 3.46. The van der Waals surface area contributed by atoms with Crippen LogP contribution in [0.2, 0.25) is 0 Å². The highest BCUT2D eigenvalue weighted by Gasteiger charge is 2.37. The molecule has 5 nitrogen and oxygen atoms in total. The van der Waals surface area contributed by atoms with E-state index in [1.165, 1.54) is 0 Å². The van der Waals surface area contributed by atoms with Crippen molar-refractivity contribution >= 4 is 5.91 Å². The molecule has 1 saturated carbocycles. The van der Waals surface area contributed by atoms with E-state index < -0.39 is 0 Å². The summed E-state index contributed by atoms with van der Waals surface area (Å²) >= 11 is 0. The lowest BCUT2D eigenvalue weighted by Crippen LogP contribution is -2.48. The number of carbonyl (C=O) groups excluding carboxylic acids is 1. The Morgan fingerprint density at radius 3 is 2.67 bits per heavy atom. The maximum atomic E-state index is 13.1. The van der Waals surface area contributed by atoms with Gasteiger partial charge in [-0.15, -0.1) is 0 Å². The van der Waals surface area contributed by atoms with Gasteiger partial charge in [0.15, 0.2) is 5.69 Å². The molecule has 0 radical (unpaired) electrons. The number of piperidine rings is 1. The van der Waals surface area contributed by atoms with Crippen LogP contribution in [0.3, 0.4) is 0 Å². The molecule has 4 rings (SSSR count). The largest absolute Gasteiger partial charge is 0.440 e. The maximum absolute atomic E-state index is 13.1. The molecule has 0 bridgehead atoms. The van der Waals surface area contributed by atoms with Gasteiger partial charge in [0.2, 0.25) is 5.89 Å². The summed E-state index contributed by atoms with van der Waals surface area (Å²) in [6.07, 6.45) is 3.83. The fraction of sp³-hybridized carbons (Fsp3) is 0.474. The van der Waals surface area contributed by atoms with Gasteiger partial charge >= 0.3 is 0 Å². The fourth-order valence-corrected chi connectivity index (χ4v) is 3.46. The van der Waals surface area contributed by atoms with E-state index in [-0.39, 0.29) is 18.0 Å². The van der Waals surface area contributed by atoms with Crippen LogP contribution in [0.4, 0.5) is 0 Å². The van der Waals surface area contributed by atoms with Crippen LogP contribution in [0.15, 0.2) is 34.7 Å². The molecule has 2 fully saturated rings. The van der Waals surface area contributed by atoms with Crippen LogP contribution in [-0.2, 0) is 0 Å². The first-order valence-electron chi connectivity index (χ1n) is 8.76. The van der Waals surface area contributed by atoms with Gasteiger partial charge in [-0.05, 0) is 44.7 Å². The lowest BCUT2D eigenvalue weighted by Gasteiger charge is -2.36. The Kier molecular flexibility index (Phi) is 3.88. The van der Waals surface area contributed by atoms with Crippen molar-refractivity contribution in [1.29, 1.82) is 0 Å². The Labute approximate surface area is 141 Å². The number of benzene rings is 1. The van der Waals surface area contributed by atoms with Crippen molar-refractivity contribution in [1.82, 2.24) is 9.88 Å². The quantitative estimate of drug-likeness (QED) is 0.941. The molecule has 5 heteroatoms. The summed E-state index contributed by atoms with van der Waals surface area (Å²) in [4.78, 5) is 19.6. The Hall–Kier alpha value is -2.14. The van der Waals surface area contributed by atoms with E-state index in [0.717, 1.165) is 37.0 Å². The first kappa shape index (κ1) is 15.4. The highest BCUT2D eigenvalue weighted by atomic mass is 16.4. The summed E-state index contributed by atoms with van der Waals surface area (Å²) in [7, 11) is 0. The van der Waals surface area contributed by atoms with E-state index in [1.54, 1.807) is 0 Å². The topological polar surface area (TPSA) is 72.4 Å². The van der Waals surface area contributed by atoms with Gasteiger partial charge in [0, 0.05) is 30.1 Å². The summed E-state index contributed by atoms with van der Waals surface area (Å²) in [5, 5.41) is 0. The molecule has 1 aromatic heterocycles. The summed E-state index contributed by atoms with van der Waals surface area (Å²) in [6.45, 7) is 2.75. The van der Waals surface area contributed by atoms with Crippen LogP contribution in [0.25, 0.3) is 11.5 Å². The third kappa shape index (κ3) is 2.84. The van der Waals surface area contributed by atoms with Gasteiger partial charge < -0.3 is 15.1 Å². The normalized spacial score (nSPS) is 24.2. The number of carbonyl (C=O) groups is 1. The summed E-state index contributed by atoms with van der Waals surface area (Å²) in [5.74, 6) is 1.64. The van der Waals surface area contributed by atoms with Crippen molar-refractivity contribution in [2.24, 2.45) is 5.73 Å². The molecule has 1 aliphatic carbocycles. The second-order valence-electron chi connectivity index (χ2n) is 7.00. The number of hydrogen-bond donors (Lipinski definition) is 1. The van der Waals surface area contributed by atoms with Crippen molar-refractivity contribution in [2.45, 2.75) is 50.6 Å². The molecule has 1 aromatic carbocycles. The van der Waals surface area contributed by atoms with Gasteiger partial charge in [0.25, 0.3) is 5.91 Å². The molecular weight excluding hydrogens is 302 g/mol. The second kappa shape index (κ2) is 6.06. The maximum Gasteiger partial charge on any atom is 0.276 e. The minimum Gasteiger partial charge on any atom is -0.440 e. The van der Waals surface area contributed by atoms with Crippen LogP contribution in [-0.4, -0.2) is 34.4 Å². The van der Waals surface area contributed by atoms with Crippen molar-refractivity contribution in [2.75, 3.05) is 6.54 Å². The third-order valence-electron chi connectivity index (χ3n) is 5.00. The molecule has 0 unspecified atom stereocenters. The van der Waals surface area contributed by atoms with Gasteiger partial charge in [0.05, 0.1) is 0 Å². The van der Waals surface area contributed by atoms with Gasteiger partial charge in [-0.1, -0.05) is 18.2 Å². The molecular formula is C19H23N3O2. The smallest absolute Gasteiger partial charge is 0.276 e. The summed E-state index contributed by atoms with van der Waals surface area (Å²) in [5.41, 5.74) is 7.43. The van der Waals surface area contributed by atoms with Gasteiger partial charge in [-0.3, -0.25) is 4.79 Å². The average Bonchev–Trinajstić information content (AvgIpc) is 3.33. The zero-order valence-electron chi connectivity index (χ0n) is 13.9. The van der Waals surface area contributed by atoms with Crippen molar-refractivity contribution in [3.63, 3.8) is 0 Å². The van der Waals surface area contributed by atoms with Gasteiger partial charge in [-0.2, -0.15) is 0 Å². The molecule has 2 heterocycles. The van der Waals surface area contributed by atoms with Crippen LogP contribution < -0.4 is 5.73 Å². The van der Waals surface area contributed by atoms with Gasteiger partial charge in [-0.25, -0.2) is 4.98 Å². The van der Waals surface area contributed by atoms with Gasteiger partial charge in [0.1, 0.15) is 5.76 Å². The van der Waals surface area contributed by atoms with E-state index in [2.05, 4.69) is 11.9 Å². The monoisotopic (exact) mass is 325 g/mol. The average molecular weight is 325 g/mol. The van der Waals surface area contributed by atoms with E-state index >= 15 is 0 Å². The number of nitrogens with zero attached hydrogens (tertiary/aromatic N) is 2. The first-order valence-corrected chi connectivity index (χ1v) is 8.76. The Bertz CT molecular complexity index is 736. The predicted molar refractivity (Wildman–Crippen MR) is 91.6 cm³/mol. The highest BCUT2D eigenvalue weighted by Crippen LogP contribution is 2.43. The molecule has 126 valence electrons. The number of aromatic nitrogens is 1. The molecule has 1 saturated heterocycles. The molecule has 0 spiro atoms. The third-order valence-corrected chi connectivity index (χ3v) is 5.00. The molecule has 1 amide bonds. The number of likely N-dealkylation sites (tertiary alicyclic amines) is 1. The molecule has 2 atom stereocenters. The minimum atomic E-state index is -0.0118. The Morgan fingerprint density at radius 2 is 2.00 bits per heavy atom.